The van der Waals surface area contributed by atoms with Crippen LogP contribution in [0.2, 0.25) is 5.02 Å². The molecule has 1 saturated carbocycles. The molecule has 0 unspecified atom stereocenters. The van der Waals surface area contributed by atoms with Gasteiger partial charge in [0.2, 0.25) is 17.7 Å². The number of halogens is 1. The van der Waals surface area contributed by atoms with Gasteiger partial charge in [-0.25, -0.2) is 14.8 Å². The van der Waals surface area contributed by atoms with Gasteiger partial charge in [-0.1, -0.05) is 36.5 Å². The van der Waals surface area contributed by atoms with E-state index in [0.29, 0.717) is 48.6 Å². The SMILES string of the molecule is CC1CCC(Cn2c(N3[C@@H](C)CN(C(=O)C4(C)COC4)C[C@@H]3C)nc3cc(-c4noc(=O)[nH]4)nc(-c4cncc(Cl)c4)c32)CC1. The van der Waals surface area contributed by atoms with Gasteiger partial charge in [0.05, 0.1) is 40.4 Å². The van der Waals surface area contributed by atoms with E-state index in [1.165, 1.54) is 12.8 Å². The van der Waals surface area contributed by atoms with Crippen molar-refractivity contribution in [3.8, 4) is 22.8 Å². The molecule has 45 heavy (non-hydrogen) atoms. The highest BCUT2D eigenvalue weighted by Gasteiger charge is 2.46. The van der Waals surface area contributed by atoms with Crippen molar-refractivity contribution in [2.75, 3.05) is 31.2 Å². The molecule has 2 saturated heterocycles. The number of ether oxygens (including phenoxy) is 1. The van der Waals surface area contributed by atoms with Crippen LogP contribution < -0.4 is 10.7 Å². The molecule has 1 amide bonds. The van der Waals surface area contributed by atoms with Crippen LogP contribution in [0.1, 0.15) is 53.4 Å². The fourth-order valence-corrected chi connectivity index (χ4v) is 7.46. The average molecular weight is 635 g/mol. The van der Waals surface area contributed by atoms with Crippen molar-refractivity contribution in [1.82, 2.24) is 34.6 Å². The van der Waals surface area contributed by atoms with Crippen LogP contribution in [0.3, 0.4) is 0 Å². The van der Waals surface area contributed by atoms with E-state index in [1.807, 2.05) is 24.0 Å². The van der Waals surface area contributed by atoms with Crippen LogP contribution >= 0.6 is 11.6 Å². The zero-order chi connectivity index (χ0) is 31.5. The van der Waals surface area contributed by atoms with Gasteiger partial charge in [-0.05, 0) is 57.6 Å². The minimum absolute atomic E-state index is 0.0137. The van der Waals surface area contributed by atoms with Gasteiger partial charge < -0.3 is 19.1 Å². The molecule has 3 fully saturated rings. The molecule has 4 aromatic heterocycles. The Morgan fingerprint density at radius 1 is 1.07 bits per heavy atom. The van der Waals surface area contributed by atoms with Crippen molar-refractivity contribution in [2.45, 2.75) is 72.0 Å². The van der Waals surface area contributed by atoms with Crippen molar-refractivity contribution < 1.29 is 14.1 Å². The van der Waals surface area contributed by atoms with E-state index in [1.54, 1.807) is 12.4 Å². The van der Waals surface area contributed by atoms with E-state index in [2.05, 4.69) is 45.4 Å². The van der Waals surface area contributed by atoms with Crippen molar-refractivity contribution in [3.63, 3.8) is 0 Å². The second kappa shape index (κ2) is 11.5. The first-order valence-corrected chi connectivity index (χ1v) is 16.2. The zero-order valence-corrected chi connectivity index (χ0v) is 26.9. The zero-order valence-electron chi connectivity index (χ0n) is 26.1. The Hall–Kier alpha value is -3.77. The number of pyridine rings is 2. The number of carbonyl (C=O) groups is 1. The van der Waals surface area contributed by atoms with Crippen molar-refractivity contribution in [3.05, 3.63) is 40.1 Å². The summed E-state index contributed by atoms with van der Waals surface area (Å²) in [6.07, 6.45) is 8.03. The van der Waals surface area contributed by atoms with Gasteiger partial charge in [-0.15, -0.1) is 0 Å². The third kappa shape index (κ3) is 5.52. The van der Waals surface area contributed by atoms with Crippen molar-refractivity contribution in [1.29, 1.82) is 0 Å². The van der Waals surface area contributed by atoms with E-state index in [0.717, 1.165) is 47.8 Å². The number of amides is 1. The van der Waals surface area contributed by atoms with Crippen LogP contribution in [0.5, 0.6) is 0 Å². The third-order valence-corrected chi connectivity index (χ3v) is 9.94. The molecule has 13 heteroatoms. The molecule has 2 atom stereocenters. The maximum Gasteiger partial charge on any atom is 0.439 e. The average Bonchev–Trinajstić information content (AvgIpc) is 3.59. The van der Waals surface area contributed by atoms with Gasteiger partial charge >= 0.3 is 5.76 Å². The summed E-state index contributed by atoms with van der Waals surface area (Å²) in [6.45, 7) is 11.6. The Labute approximate surface area is 266 Å². The molecule has 12 nitrogen and oxygen atoms in total. The maximum absolute atomic E-state index is 13.5. The molecule has 238 valence electrons. The van der Waals surface area contributed by atoms with Gasteiger partial charge in [-0.2, -0.15) is 0 Å². The minimum atomic E-state index is -0.659. The number of aromatic nitrogens is 6. The summed E-state index contributed by atoms with van der Waals surface area (Å²) in [5.74, 6) is 1.78. The first-order valence-electron chi connectivity index (χ1n) is 15.8. The summed E-state index contributed by atoms with van der Waals surface area (Å²) < 4.78 is 12.5. The standard InChI is InChI=1S/C32H39ClN8O4/c1-18-5-7-21(8-6-18)15-40-27-24(10-25(28-37-31(43)45-38-28)35-26(27)22-9-23(33)12-34-11-22)36-30(40)41-19(2)13-39(14-20(41)3)29(42)32(4)16-44-17-32/h9-12,18-21H,5-8,13-17H2,1-4H3,(H,37,38,43)/t18?,19-,20-,21?/m0/s1. The van der Waals surface area contributed by atoms with E-state index < -0.39 is 11.2 Å². The molecule has 1 aliphatic carbocycles. The summed E-state index contributed by atoms with van der Waals surface area (Å²) >= 11 is 6.43. The molecule has 0 bridgehead atoms. The van der Waals surface area contributed by atoms with Gasteiger partial charge in [-0.3, -0.25) is 19.3 Å². The number of anilines is 1. The lowest BCUT2D eigenvalue weighted by atomic mass is 9.83. The number of piperazine rings is 1. The summed E-state index contributed by atoms with van der Waals surface area (Å²) in [4.78, 5) is 47.0. The Morgan fingerprint density at radius 3 is 2.42 bits per heavy atom. The first kappa shape index (κ1) is 29.9. The lowest BCUT2D eigenvalue weighted by Crippen LogP contribution is -2.63. The van der Waals surface area contributed by atoms with Crippen LogP contribution in [0.25, 0.3) is 33.8 Å². The number of rotatable bonds is 6. The molecule has 0 spiro atoms. The second-order valence-corrected chi connectivity index (χ2v) is 14.0. The fraction of sp³-hybridized carbons (Fsp3) is 0.562. The number of aromatic amines is 1. The van der Waals surface area contributed by atoms with Crippen LogP contribution in [0.15, 0.2) is 33.8 Å². The number of nitrogens with zero attached hydrogens (tertiary/aromatic N) is 7. The number of fused-ring (bicyclic) bond motifs is 1. The molecule has 4 aromatic rings. The lowest BCUT2D eigenvalue weighted by molar-refractivity contribution is -0.170. The summed E-state index contributed by atoms with van der Waals surface area (Å²) in [7, 11) is 0. The largest absolute Gasteiger partial charge is 0.439 e. The smallest absolute Gasteiger partial charge is 0.379 e. The highest BCUT2D eigenvalue weighted by Crippen LogP contribution is 2.39. The second-order valence-electron chi connectivity index (χ2n) is 13.6. The lowest BCUT2D eigenvalue weighted by Gasteiger charge is -2.48. The van der Waals surface area contributed by atoms with Gasteiger partial charge in [0, 0.05) is 49.7 Å². The fourth-order valence-electron chi connectivity index (χ4n) is 7.28. The predicted octanol–water partition coefficient (Wildman–Crippen LogP) is 4.78. The number of hydrogen-bond acceptors (Lipinski definition) is 9. The Kier molecular flexibility index (Phi) is 7.67. The summed E-state index contributed by atoms with van der Waals surface area (Å²) in [5.41, 5.74) is 2.96. The molecule has 0 radical (unpaired) electrons. The highest BCUT2D eigenvalue weighted by molar-refractivity contribution is 6.30. The van der Waals surface area contributed by atoms with Crippen LogP contribution in [0, 0.1) is 17.3 Å². The van der Waals surface area contributed by atoms with Gasteiger partial charge in [0.1, 0.15) is 5.69 Å². The quantitative estimate of drug-likeness (QED) is 0.318. The van der Waals surface area contributed by atoms with E-state index in [4.69, 9.17) is 30.8 Å². The van der Waals surface area contributed by atoms with E-state index >= 15 is 0 Å². The summed E-state index contributed by atoms with van der Waals surface area (Å²) in [5, 5.41) is 4.40. The number of imidazole rings is 1. The van der Waals surface area contributed by atoms with Gasteiger partial charge in [0.25, 0.3) is 0 Å². The van der Waals surface area contributed by atoms with Gasteiger partial charge in [0.15, 0.2) is 0 Å². The van der Waals surface area contributed by atoms with Crippen molar-refractivity contribution in [2.24, 2.45) is 17.3 Å². The maximum atomic E-state index is 13.5. The Bertz CT molecular complexity index is 1780. The molecular formula is C32H39ClN8O4. The summed E-state index contributed by atoms with van der Waals surface area (Å²) in [6, 6.07) is 3.71. The highest BCUT2D eigenvalue weighted by atomic mass is 35.5. The molecule has 7 rings (SSSR count). The molecular weight excluding hydrogens is 596 g/mol. The number of nitrogens with one attached hydrogen (secondary N) is 1. The number of H-pyrrole nitrogens is 1. The first-order chi connectivity index (χ1) is 21.6. The van der Waals surface area contributed by atoms with Crippen molar-refractivity contribution >= 4 is 34.5 Å². The van der Waals surface area contributed by atoms with Crippen LogP contribution in [-0.2, 0) is 16.1 Å². The molecule has 0 aromatic carbocycles. The topological polar surface area (TPSA) is 135 Å². The third-order valence-electron chi connectivity index (χ3n) is 9.74. The monoisotopic (exact) mass is 634 g/mol. The normalized spacial score (nSPS) is 25.0. The Morgan fingerprint density at radius 2 is 1.80 bits per heavy atom. The Balaban J connectivity index is 1.37. The molecule has 2 aliphatic heterocycles. The van der Waals surface area contributed by atoms with Crippen LogP contribution in [0.4, 0.5) is 5.95 Å². The van der Waals surface area contributed by atoms with Crippen LogP contribution in [-0.4, -0.2) is 78.9 Å². The number of carbonyl (C=O) groups excluding carboxylic acids is 1. The van der Waals surface area contributed by atoms with E-state index in [9.17, 15) is 9.59 Å². The predicted molar refractivity (Wildman–Crippen MR) is 170 cm³/mol. The molecule has 1 N–H and O–H groups in total. The minimum Gasteiger partial charge on any atom is -0.379 e. The van der Waals surface area contributed by atoms with E-state index in [-0.39, 0.29) is 23.8 Å². The molecule has 6 heterocycles. The number of hydrogen-bond donors (Lipinski definition) is 1. The molecule has 3 aliphatic rings.